The quantitative estimate of drug-likeness (QED) is 0.647. The van der Waals surface area contributed by atoms with E-state index < -0.39 is 0 Å². The lowest BCUT2D eigenvalue weighted by molar-refractivity contribution is 0.318. The van der Waals surface area contributed by atoms with Gasteiger partial charge >= 0.3 is 0 Å². The van der Waals surface area contributed by atoms with Crippen LogP contribution in [0.25, 0.3) is 0 Å². The number of aromatic nitrogens is 1. The predicted molar refractivity (Wildman–Crippen MR) is 76.8 cm³/mol. The van der Waals surface area contributed by atoms with Gasteiger partial charge in [-0.15, -0.1) is 0 Å². The fraction of sp³-hybridized carbons (Fsp3) is 0.200. The van der Waals surface area contributed by atoms with E-state index in [0.717, 1.165) is 11.1 Å². The lowest BCUT2D eigenvalue weighted by Crippen LogP contribution is -2.22. The van der Waals surface area contributed by atoms with Crippen molar-refractivity contribution in [2.45, 2.75) is 13.1 Å². The Labute approximate surface area is 117 Å². The largest absolute Gasteiger partial charge is 0.382 e. The van der Waals surface area contributed by atoms with Crippen molar-refractivity contribution in [1.82, 2.24) is 9.88 Å². The van der Waals surface area contributed by atoms with Gasteiger partial charge in [-0.2, -0.15) is 0 Å². The van der Waals surface area contributed by atoms with Crippen LogP contribution in [0, 0.1) is 11.2 Å². The smallest absolute Gasteiger partial charge is 0.142 e. The first-order valence-corrected chi connectivity index (χ1v) is 6.27. The van der Waals surface area contributed by atoms with Gasteiger partial charge in [0, 0.05) is 19.3 Å². The zero-order valence-corrected chi connectivity index (χ0v) is 11.3. The average Bonchev–Trinajstić information content (AvgIpc) is 2.38. The molecule has 3 N–H and O–H groups in total. The van der Waals surface area contributed by atoms with Crippen LogP contribution in [0.4, 0.5) is 4.39 Å². The van der Waals surface area contributed by atoms with E-state index in [4.69, 9.17) is 11.1 Å². The van der Waals surface area contributed by atoms with E-state index in [-0.39, 0.29) is 11.7 Å². The van der Waals surface area contributed by atoms with Crippen LogP contribution in [0.3, 0.4) is 0 Å². The van der Waals surface area contributed by atoms with Crippen molar-refractivity contribution >= 4 is 5.84 Å². The molecule has 0 bridgehead atoms. The molecule has 1 aromatic heterocycles. The Balaban J connectivity index is 2.08. The van der Waals surface area contributed by atoms with Crippen molar-refractivity contribution in [3.63, 3.8) is 0 Å². The maximum absolute atomic E-state index is 13.1. The number of halogens is 1. The van der Waals surface area contributed by atoms with Crippen molar-refractivity contribution < 1.29 is 4.39 Å². The number of nitrogens with one attached hydrogen (secondary N) is 1. The molecule has 0 saturated carbocycles. The summed E-state index contributed by atoms with van der Waals surface area (Å²) >= 11 is 0. The molecule has 1 aromatic carbocycles. The van der Waals surface area contributed by atoms with Crippen LogP contribution in [-0.2, 0) is 13.1 Å². The van der Waals surface area contributed by atoms with E-state index in [1.165, 1.54) is 12.1 Å². The number of benzene rings is 1. The van der Waals surface area contributed by atoms with E-state index in [1.54, 1.807) is 12.3 Å². The maximum atomic E-state index is 13.1. The zero-order chi connectivity index (χ0) is 14.5. The Hall–Kier alpha value is -2.27. The molecular weight excluding hydrogens is 255 g/mol. The number of nitrogens with zero attached hydrogens (tertiary/aromatic N) is 2. The Bertz CT molecular complexity index is 612. The number of pyridine rings is 1. The summed E-state index contributed by atoms with van der Waals surface area (Å²) in [7, 11) is 1.93. The Morgan fingerprint density at radius 2 is 2.10 bits per heavy atom. The second-order valence-electron chi connectivity index (χ2n) is 4.73. The van der Waals surface area contributed by atoms with Crippen molar-refractivity contribution in [2.75, 3.05) is 7.05 Å². The standard InChI is InChI=1S/C15H17FN4/c1-20(9-11-4-2-6-13(16)8-11)10-12-5-3-7-19-14(12)15(17)18/h2-8H,9-10H2,1H3,(H3,17,18). The van der Waals surface area contributed by atoms with E-state index in [9.17, 15) is 4.39 Å². The fourth-order valence-corrected chi connectivity index (χ4v) is 2.10. The molecule has 0 aliphatic rings. The van der Waals surface area contributed by atoms with Crippen LogP contribution in [0.5, 0.6) is 0 Å². The molecule has 0 radical (unpaired) electrons. The molecule has 0 unspecified atom stereocenters. The highest BCUT2D eigenvalue weighted by Crippen LogP contribution is 2.11. The summed E-state index contributed by atoms with van der Waals surface area (Å²) in [5.41, 5.74) is 7.81. The highest BCUT2D eigenvalue weighted by molar-refractivity contribution is 5.94. The molecule has 0 atom stereocenters. The molecule has 0 saturated heterocycles. The van der Waals surface area contributed by atoms with Crippen LogP contribution in [0.1, 0.15) is 16.8 Å². The minimum absolute atomic E-state index is 0.0419. The topological polar surface area (TPSA) is 66.0 Å². The van der Waals surface area contributed by atoms with Crippen LogP contribution < -0.4 is 5.73 Å². The molecular formula is C15H17FN4. The van der Waals surface area contributed by atoms with Gasteiger partial charge in [-0.3, -0.25) is 15.3 Å². The SMILES string of the molecule is CN(Cc1cccc(F)c1)Cc1cccnc1C(=N)N. The summed E-state index contributed by atoms with van der Waals surface area (Å²) < 4.78 is 13.1. The second kappa shape index (κ2) is 6.25. The molecule has 0 amide bonds. The third kappa shape index (κ3) is 3.61. The van der Waals surface area contributed by atoms with Crippen molar-refractivity contribution in [3.05, 3.63) is 65.2 Å². The minimum atomic E-state index is -0.235. The third-order valence-corrected chi connectivity index (χ3v) is 2.93. The average molecular weight is 272 g/mol. The summed E-state index contributed by atoms with van der Waals surface area (Å²) in [6, 6.07) is 10.2. The van der Waals surface area contributed by atoms with Crippen LogP contribution in [0.15, 0.2) is 42.6 Å². The molecule has 2 aromatic rings. The summed E-state index contributed by atoms with van der Waals surface area (Å²) in [4.78, 5) is 6.14. The monoisotopic (exact) mass is 272 g/mol. The van der Waals surface area contributed by atoms with Gasteiger partial charge in [-0.05, 0) is 36.4 Å². The first kappa shape index (κ1) is 14.1. The number of hydrogen-bond donors (Lipinski definition) is 2. The van der Waals surface area contributed by atoms with E-state index >= 15 is 0 Å². The molecule has 1 heterocycles. The van der Waals surface area contributed by atoms with Gasteiger partial charge in [0.25, 0.3) is 0 Å². The fourth-order valence-electron chi connectivity index (χ4n) is 2.10. The first-order valence-electron chi connectivity index (χ1n) is 6.27. The number of amidine groups is 1. The molecule has 0 aliphatic heterocycles. The normalized spacial score (nSPS) is 10.8. The lowest BCUT2D eigenvalue weighted by Gasteiger charge is -2.18. The van der Waals surface area contributed by atoms with Gasteiger partial charge in [0.2, 0.25) is 0 Å². The highest BCUT2D eigenvalue weighted by Gasteiger charge is 2.09. The maximum Gasteiger partial charge on any atom is 0.142 e. The molecule has 4 nitrogen and oxygen atoms in total. The van der Waals surface area contributed by atoms with Crippen molar-refractivity contribution in [2.24, 2.45) is 5.73 Å². The molecule has 0 fully saturated rings. The number of nitrogens with two attached hydrogens (primary N) is 1. The van der Waals surface area contributed by atoms with Gasteiger partial charge in [0.1, 0.15) is 17.3 Å². The Morgan fingerprint density at radius 3 is 2.80 bits per heavy atom. The Kier molecular flexibility index (Phi) is 4.42. The Morgan fingerprint density at radius 1 is 1.30 bits per heavy atom. The molecule has 2 rings (SSSR count). The number of hydrogen-bond acceptors (Lipinski definition) is 3. The summed E-state index contributed by atoms with van der Waals surface area (Å²) in [5, 5.41) is 7.52. The number of rotatable bonds is 5. The third-order valence-electron chi connectivity index (χ3n) is 2.93. The second-order valence-corrected chi connectivity index (χ2v) is 4.73. The lowest BCUT2D eigenvalue weighted by atomic mass is 10.1. The minimum Gasteiger partial charge on any atom is -0.382 e. The molecule has 5 heteroatoms. The predicted octanol–water partition coefficient (Wildman–Crippen LogP) is 2.14. The van der Waals surface area contributed by atoms with Crippen molar-refractivity contribution in [1.29, 1.82) is 5.41 Å². The molecule has 0 aliphatic carbocycles. The van der Waals surface area contributed by atoms with Crippen LogP contribution in [-0.4, -0.2) is 22.8 Å². The van der Waals surface area contributed by atoms with E-state index in [0.29, 0.717) is 18.8 Å². The zero-order valence-electron chi connectivity index (χ0n) is 11.3. The van der Waals surface area contributed by atoms with E-state index in [1.807, 2.05) is 30.1 Å². The van der Waals surface area contributed by atoms with Gasteiger partial charge in [0.15, 0.2) is 0 Å². The molecule has 0 spiro atoms. The first-order chi connectivity index (χ1) is 9.56. The summed E-state index contributed by atoms with van der Waals surface area (Å²) in [6.07, 6.45) is 1.62. The van der Waals surface area contributed by atoms with Gasteiger partial charge in [-0.1, -0.05) is 18.2 Å². The van der Waals surface area contributed by atoms with E-state index in [2.05, 4.69) is 4.98 Å². The molecule has 20 heavy (non-hydrogen) atoms. The summed E-state index contributed by atoms with van der Waals surface area (Å²) in [6.45, 7) is 1.21. The number of nitrogen functional groups attached to an aromatic ring is 1. The van der Waals surface area contributed by atoms with Gasteiger partial charge < -0.3 is 5.73 Å². The molecule has 104 valence electrons. The van der Waals surface area contributed by atoms with Crippen LogP contribution >= 0.6 is 0 Å². The van der Waals surface area contributed by atoms with Gasteiger partial charge in [0.05, 0.1) is 0 Å². The van der Waals surface area contributed by atoms with Crippen molar-refractivity contribution in [3.8, 4) is 0 Å². The summed E-state index contributed by atoms with van der Waals surface area (Å²) in [5.74, 6) is -0.276. The highest BCUT2D eigenvalue weighted by atomic mass is 19.1. The van der Waals surface area contributed by atoms with Gasteiger partial charge in [-0.25, -0.2) is 4.39 Å². The van der Waals surface area contributed by atoms with Crippen LogP contribution in [0.2, 0.25) is 0 Å².